The monoisotopic (exact) mass is 303 g/mol. The third kappa shape index (κ3) is 4.70. The highest BCUT2D eigenvalue weighted by Gasteiger charge is 2.29. The van der Waals surface area contributed by atoms with Gasteiger partial charge in [-0.05, 0) is 43.0 Å². The van der Waals surface area contributed by atoms with Gasteiger partial charge < -0.3 is 14.8 Å². The molecule has 1 fully saturated rings. The van der Waals surface area contributed by atoms with Crippen molar-refractivity contribution < 1.29 is 19.1 Å². The number of benzene rings is 1. The molecule has 1 N–H and O–H groups in total. The normalized spacial score (nSPS) is 21.0. The van der Waals surface area contributed by atoms with Crippen LogP contribution in [0, 0.1) is 0 Å². The van der Waals surface area contributed by atoms with Crippen LogP contribution in [0.25, 0.3) is 6.08 Å². The number of ether oxygens (including phenoxy) is 2. The number of carbonyl (C=O) groups is 2. The van der Waals surface area contributed by atoms with Crippen LogP contribution in [0.1, 0.15) is 31.7 Å². The van der Waals surface area contributed by atoms with E-state index in [-0.39, 0.29) is 24.1 Å². The maximum absolute atomic E-state index is 11.8. The summed E-state index contributed by atoms with van der Waals surface area (Å²) in [6.45, 7) is 1.46. The second-order valence-electron chi connectivity index (χ2n) is 5.32. The van der Waals surface area contributed by atoms with Gasteiger partial charge in [-0.25, -0.2) is 4.79 Å². The molecule has 5 nitrogen and oxygen atoms in total. The van der Waals surface area contributed by atoms with Crippen LogP contribution in [0.5, 0.6) is 0 Å². The van der Waals surface area contributed by atoms with Crippen LogP contribution in [-0.2, 0) is 19.1 Å². The zero-order chi connectivity index (χ0) is 15.9. The lowest BCUT2D eigenvalue weighted by Gasteiger charge is -2.17. The molecular formula is C17H21NO4. The van der Waals surface area contributed by atoms with Crippen LogP contribution < -0.4 is 5.32 Å². The summed E-state index contributed by atoms with van der Waals surface area (Å²) in [5.74, 6) is -0.476. The van der Waals surface area contributed by atoms with E-state index >= 15 is 0 Å². The highest BCUT2D eigenvalue weighted by atomic mass is 16.6. The van der Waals surface area contributed by atoms with Gasteiger partial charge in [0.15, 0.2) is 0 Å². The molecule has 118 valence electrons. The van der Waals surface area contributed by atoms with Crippen LogP contribution >= 0.6 is 0 Å². The van der Waals surface area contributed by atoms with Gasteiger partial charge in [-0.15, -0.1) is 0 Å². The molecular weight excluding hydrogens is 282 g/mol. The third-order valence-corrected chi connectivity index (χ3v) is 3.61. The van der Waals surface area contributed by atoms with Gasteiger partial charge in [0.2, 0.25) is 5.91 Å². The van der Waals surface area contributed by atoms with Gasteiger partial charge >= 0.3 is 5.97 Å². The van der Waals surface area contributed by atoms with Crippen molar-refractivity contribution in [3.63, 3.8) is 0 Å². The lowest BCUT2D eigenvalue weighted by Crippen LogP contribution is -2.26. The molecule has 0 saturated heterocycles. The number of hydrogen-bond acceptors (Lipinski definition) is 4. The molecule has 1 amide bonds. The number of methoxy groups -OCH3 is 1. The van der Waals surface area contributed by atoms with Crippen molar-refractivity contribution in [3.05, 3.63) is 35.9 Å². The molecule has 22 heavy (non-hydrogen) atoms. The number of anilines is 1. The highest BCUT2D eigenvalue weighted by Crippen LogP contribution is 2.24. The predicted octanol–water partition coefficient (Wildman–Crippen LogP) is 2.77. The fraction of sp³-hybridized carbons (Fsp3) is 0.412. The van der Waals surface area contributed by atoms with E-state index in [9.17, 15) is 9.59 Å². The molecule has 0 heterocycles. The first-order chi connectivity index (χ1) is 10.6. The smallest absolute Gasteiger partial charge is 0.331 e. The number of rotatable bonds is 5. The highest BCUT2D eigenvalue weighted by molar-refractivity contribution is 5.89. The van der Waals surface area contributed by atoms with Crippen LogP contribution in [0.2, 0.25) is 0 Å². The summed E-state index contributed by atoms with van der Waals surface area (Å²) < 4.78 is 10.7. The average Bonchev–Trinajstić information content (AvgIpc) is 2.93. The van der Waals surface area contributed by atoms with E-state index in [0.717, 1.165) is 30.5 Å². The van der Waals surface area contributed by atoms with Gasteiger partial charge in [0, 0.05) is 25.8 Å². The van der Waals surface area contributed by atoms with Crippen LogP contribution in [-0.4, -0.2) is 31.2 Å². The third-order valence-electron chi connectivity index (χ3n) is 3.61. The van der Waals surface area contributed by atoms with Crippen molar-refractivity contribution in [2.45, 2.75) is 38.4 Å². The van der Waals surface area contributed by atoms with E-state index in [4.69, 9.17) is 9.47 Å². The van der Waals surface area contributed by atoms with E-state index in [0.29, 0.717) is 0 Å². The Kier molecular flexibility index (Phi) is 5.72. The summed E-state index contributed by atoms with van der Waals surface area (Å²) in [6.07, 6.45) is 5.77. The molecule has 2 atom stereocenters. The summed E-state index contributed by atoms with van der Waals surface area (Å²) in [5.41, 5.74) is 1.59. The minimum Gasteiger partial charge on any atom is -0.456 e. The molecule has 0 radical (unpaired) electrons. The largest absolute Gasteiger partial charge is 0.456 e. The molecule has 1 aromatic rings. The molecule has 0 spiro atoms. The Hall–Kier alpha value is -2.14. The average molecular weight is 303 g/mol. The SMILES string of the molecule is COC1CCCC1OC(=O)C=Cc1ccc(NC(C)=O)cc1. The Morgan fingerprint density at radius 1 is 1.18 bits per heavy atom. The number of hydrogen-bond donors (Lipinski definition) is 1. The first-order valence-corrected chi connectivity index (χ1v) is 7.37. The maximum Gasteiger partial charge on any atom is 0.331 e. The van der Waals surface area contributed by atoms with Crippen LogP contribution in [0.4, 0.5) is 5.69 Å². The Labute approximate surface area is 130 Å². The van der Waals surface area contributed by atoms with Gasteiger partial charge in [0.25, 0.3) is 0 Å². The molecule has 0 bridgehead atoms. The summed E-state index contributed by atoms with van der Waals surface area (Å²) in [4.78, 5) is 22.8. The van der Waals surface area contributed by atoms with Gasteiger partial charge in [-0.3, -0.25) is 4.79 Å². The number of carbonyl (C=O) groups excluding carboxylic acids is 2. The Morgan fingerprint density at radius 3 is 2.50 bits per heavy atom. The van der Waals surface area contributed by atoms with E-state index in [1.165, 1.54) is 13.0 Å². The van der Waals surface area contributed by atoms with Gasteiger partial charge in [-0.2, -0.15) is 0 Å². The summed E-state index contributed by atoms with van der Waals surface area (Å²) in [5, 5.41) is 2.69. The summed E-state index contributed by atoms with van der Waals surface area (Å²) in [7, 11) is 1.64. The molecule has 0 aliphatic heterocycles. The van der Waals surface area contributed by atoms with Crippen molar-refractivity contribution in [3.8, 4) is 0 Å². The van der Waals surface area contributed by atoms with Crippen molar-refractivity contribution in [2.24, 2.45) is 0 Å². The van der Waals surface area contributed by atoms with E-state index in [1.807, 2.05) is 12.1 Å². The van der Waals surface area contributed by atoms with E-state index < -0.39 is 0 Å². The Balaban J connectivity index is 1.88. The maximum atomic E-state index is 11.8. The number of amides is 1. The molecule has 0 aromatic heterocycles. The minimum absolute atomic E-state index is 0.00860. The fourth-order valence-electron chi connectivity index (χ4n) is 2.53. The van der Waals surface area contributed by atoms with E-state index in [2.05, 4.69) is 5.32 Å². The van der Waals surface area contributed by atoms with Crippen LogP contribution in [0.15, 0.2) is 30.3 Å². The zero-order valence-corrected chi connectivity index (χ0v) is 12.9. The molecule has 1 aliphatic rings. The molecule has 2 unspecified atom stereocenters. The minimum atomic E-state index is -0.361. The van der Waals surface area contributed by atoms with Gasteiger partial charge in [0.05, 0.1) is 6.10 Å². The topological polar surface area (TPSA) is 64.6 Å². The number of esters is 1. The molecule has 1 aliphatic carbocycles. The van der Waals surface area contributed by atoms with Crippen LogP contribution in [0.3, 0.4) is 0 Å². The molecule has 1 aromatic carbocycles. The quantitative estimate of drug-likeness (QED) is 0.671. The lowest BCUT2D eigenvalue weighted by atomic mass is 10.2. The summed E-state index contributed by atoms with van der Waals surface area (Å²) in [6, 6.07) is 7.21. The second-order valence-corrected chi connectivity index (χ2v) is 5.32. The van der Waals surface area contributed by atoms with Crippen molar-refractivity contribution >= 4 is 23.6 Å². The zero-order valence-electron chi connectivity index (χ0n) is 12.9. The lowest BCUT2D eigenvalue weighted by molar-refractivity contribution is -0.148. The second kappa shape index (κ2) is 7.75. The first-order valence-electron chi connectivity index (χ1n) is 7.37. The standard InChI is InChI=1S/C17H21NO4/c1-12(19)18-14-9-6-13(7-10-14)8-11-17(20)22-16-5-3-4-15(16)21-2/h6-11,15-16H,3-5H2,1-2H3,(H,18,19). The van der Waals surface area contributed by atoms with Gasteiger partial charge in [-0.1, -0.05) is 12.1 Å². The van der Waals surface area contributed by atoms with Crippen molar-refractivity contribution in [1.82, 2.24) is 0 Å². The fourth-order valence-corrected chi connectivity index (χ4v) is 2.53. The van der Waals surface area contributed by atoms with Crippen molar-refractivity contribution in [2.75, 3.05) is 12.4 Å². The Bertz CT molecular complexity index is 550. The first kappa shape index (κ1) is 16.2. The molecule has 1 saturated carbocycles. The predicted molar refractivity (Wildman–Crippen MR) is 84.3 cm³/mol. The van der Waals surface area contributed by atoms with Gasteiger partial charge in [0.1, 0.15) is 6.10 Å². The summed E-state index contributed by atoms with van der Waals surface area (Å²) >= 11 is 0. The van der Waals surface area contributed by atoms with E-state index in [1.54, 1.807) is 25.3 Å². The molecule has 2 rings (SSSR count). The Morgan fingerprint density at radius 2 is 1.86 bits per heavy atom. The van der Waals surface area contributed by atoms with Crippen molar-refractivity contribution in [1.29, 1.82) is 0 Å². The number of nitrogens with one attached hydrogen (secondary N) is 1. The molecule has 5 heteroatoms.